The number of benzene rings is 2. The van der Waals surface area contributed by atoms with E-state index in [2.05, 4.69) is 20.4 Å². The summed E-state index contributed by atoms with van der Waals surface area (Å²) in [6.45, 7) is 4.80. The number of aryl methyl sites for hydroxylation is 1. The number of hydrogen-bond donors (Lipinski definition) is 1. The Morgan fingerprint density at radius 3 is 2.56 bits per heavy atom. The van der Waals surface area contributed by atoms with E-state index < -0.39 is 17.6 Å². The first-order chi connectivity index (χ1) is 16.2. The third-order valence-electron chi connectivity index (χ3n) is 5.55. The highest BCUT2D eigenvalue weighted by molar-refractivity contribution is 7.99. The minimum atomic E-state index is -4.51. The Kier molecular flexibility index (Phi) is 7.13. The summed E-state index contributed by atoms with van der Waals surface area (Å²) < 4.78 is 45.6. The van der Waals surface area contributed by atoms with Gasteiger partial charge in [0.2, 0.25) is 11.8 Å². The van der Waals surface area contributed by atoms with Gasteiger partial charge in [0.25, 0.3) is 5.22 Å². The molecular weight excluding hydrogens is 467 g/mol. The monoisotopic (exact) mass is 491 g/mol. The van der Waals surface area contributed by atoms with Crippen molar-refractivity contribution in [3.05, 3.63) is 53.6 Å². The molecular formula is C23H24F3N5O2S. The van der Waals surface area contributed by atoms with Crippen molar-refractivity contribution in [2.75, 3.05) is 49.2 Å². The molecule has 0 radical (unpaired) electrons. The molecule has 1 fully saturated rings. The standard InChI is InChI=1S/C23H24F3N5O2S/c1-15-5-3-4-6-17(15)21-28-29-22(33-21)34-14-20(32)27-18-13-16(23(24,25)26)7-8-19(18)31-11-9-30(2)10-12-31/h3-8,13H,9-12,14H2,1-2H3,(H,27,32). The van der Waals surface area contributed by atoms with Crippen LogP contribution in [0.3, 0.4) is 0 Å². The zero-order valence-electron chi connectivity index (χ0n) is 18.7. The summed E-state index contributed by atoms with van der Waals surface area (Å²) in [6.07, 6.45) is -4.51. The van der Waals surface area contributed by atoms with Crippen molar-refractivity contribution in [2.45, 2.75) is 18.3 Å². The van der Waals surface area contributed by atoms with Crippen molar-refractivity contribution in [3.8, 4) is 11.5 Å². The average molecular weight is 492 g/mol. The highest BCUT2D eigenvalue weighted by Gasteiger charge is 2.32. The topological polar surface area (TPSA) is 74.5 Å². The number of aromatic nitrogens is 2. The van der Waals surface area contributed by atoms with Crippen LogP contribution in [0.5, 0.6) is 0 Å². The van der Waals surface area contributed by atoms with Gasteiger partial charge >= 0.3 is 6.18 Å². The summed E-state index contributed by atoms with van der Waals surface area (Å²) in [4.78, 5) is 16.8. The first-order valence-corrected chi connectivity index (χ1v) is 11.7. The molecule has 11 heteroatoms. The second-order valence-electron chi connectivity index (χ2n) is 8.04. The van der Waals surface area contributed by atoms with Crippen LogP contribution in [0.4, 0.5) is 24.5 Å². The fraction of sp³-hybridized carbons (Fsp3) is 0.348. The smallest absolute Gasteiger partial charge is 0.411 e. The largest absolute Gasteiger partial charge is 0.416 e. The van der Waals surface area contributed by atoms with Crippen LogP contribution in [0.25, 0.3) is 11.5 Å². The van der Waals surface area contributed by atoms with E-state index in [1.54, 1.807) is 0 Å². The fourth-order valence-corrected chi connectivity index (χ4v) is 4.20. The molecule has 1 amide bonds. The number of nitrogens with one attached hydrogen (secondary N) is 1. The Bertz CT molecular complexity index is 1160. The van der Waals surface area contributed by atoms with Crippen molar-refractivity contribution in [1.29, 1.82) is 0 Å². The van der Waals surface area contributed by atoms with Gasteiger partial charge in [-0.3, -0.25) is 4.79 Å². The minimum absolute atomic E-state index is 0.0895. The molecule has 0 spiro atoms. The molecule has 180 valence electrons. The highest BCUT2D eigenvalue weighted by atomic mass is 32.2. The van der Waals surface area contributed by atoms with Gasteiger partial charge in [0.1, 0.15) is 0 Å². The van der Waals surface area contributed by atoms with Crippen LogP contribution in [0.1, 0.15) is 11.1 Å². The molecule has 34 heavy (non-hydrogen) atoms. The van der Waals surface area contributed by atoms with Gasteiger partial charge in [-0.05, 0) is 43.8 Å². The summed E-state index contributed by atoms with van der Waals surface area (Å²) in [7, 11) is 1.99. The van der Waals surface area contributed by atoms with Crippen molar-refractivity contribution < 1.29 is 22.4 Å². The van der Waals surface area contributed by atoms with Crippen LogP contribution >= 0.6 is 11.8 Å². The van der Waals surface area contributed by atoms with E-state index in [-0.39, 0.29) is 16.7 Å². The maximum absolute atomic E-state index is 13.3. The van der Waals surface area contributed by atoms with Gasteiger partial charge in [0.15, 0.2) is 0 Å². The van der Waals surface area contributed by atoms with Crippen molar-refractivity contribution >= 4 is 29.0 Å². The van der Waals surface area contributed by atoms with Crippen molar-refractivity contribution in [2.24, 2.45) is 0 Å². The lowest BCUT2D eigenvalue weighted by molar-refractivity contribution is -0.137. The molecule has 3 aromatic rings. The average Bonchev–Trinajstić information content (AvgIpc) is 3.27. The number of halogens is 3. The van der Waals surface area contributed by atoms with Crippen LogP contribution in [0, 0.1) is 6.92 Å². The third kappa shape index (κ3) is 5.71. The molecule has 0 atom stereocenters. The molecule has 1 aromatic heterocycles. The molecule has 1 aliphatic heterocycles. The Labute approximate surface area is 199 Å². The number of amides is 1. The number of nitrogens with zero attached hydrogens (tertiary/aromatic N) is 4. The molecule has 1 N–H and O–H groups in total. The van der Waals surface area contributed by atoms with Gasteiger partial charge in [-0.2, -0.15) is 13.2 Å². The maximum Gasteiger partial charge on any atom is 0.416 e. The number of thioether (sulfide) groups is 1. The number of rotatable bonds is 6. The van der Waals surface area contributed by atoms with E-state index in [1.165, 1.54) is 6.07 Å². The lowest BCUT2D eigenvalue weighted by Crippen LogP contribution is -2.44. The van der Waals surface area contributed by atoms with E-state index in [9.17, 15) is 18.0 Å². The Balaban J connectivity index is 1.46. The normalized spacial score (nSPS) is 14.9. The van der Waals surface area contributed by atoms with Gasteiger partial charge < -0.3 is 19.5 Å². The lowest BCUT2D eigenvalue weighted by atomic mass is 10.1. The molecule has 1 aliphatic rings. The zero-order valence-corrected chi connectivity index (χ0v) is 19.5. The van der Waals surface area contributed by atoms with E-state index in [4.69, 9.17) is 4.42 Å². The highest BCUT2D eigenvalue weighted by Crippen LogP contribution is 2.36. The van der Waals surface area contributed by atoms with Crippen LogP contribution in [0.15, 0.2) is 52.1 Å². The van der Waals surface area contributed by atoms with E-state index in [0.29, 0.717) is 24.7 Å². The van der Waals surface area contributed by atoms with E-state index in [1.807, 2.05) is 43.1 Å². The molecule has 7 nitrogen and oxygen atoms in total. The van der Waals surface area contributed by atoms with Crippen molar-refractivity contribution in [3.63, 3.8) is 0 Å². The first-order valence-electron chi connectivity index (χ1n) is 10.7. The Morgan fingerprint density at radius 2 is 1.85 bits per heavy atom. The summed E-state index contributed by atoms with van der Waals surface area (Å²) in [5, 5.41) is 10.8. The predicted octanol–water partition coefficient (Wildman–Crippen LogP) is 4.55. The number of carbonyl (C=O) groups excluding carboxylic acids is 1. The summed E-state index contributed by atoms with van der Waals surface area (Å²) in [6, 6.07) is 11.0. The Hall–Kier alpha value is -3.05. The van der Waals surface area contributed by atoms with Gasteiger partial charge in [-0.15, -0.1) is 10.2 Å². The molecule has 1 saturated heterocycles. The maximum atomic E-state index is 13.3. The fourth-order valence-electron chi connectivity index (χ4n) is 3.64. The van der Waals surface area contributed by atoms with Crippen LogP contribution in [0.2, 0.25) is 0 Å². The number of piperazine rings is 1. The van der Waals surface area contributed by atoms with Crippen LogP contribution in [-0.2, 0) is 11.0 Å². The molecule has 0 unspecified atom stereocenters. The van der Waals surface area contributed by atoms with Crippen LogP contribution in [-0.4, -0.2) is 60.0 Å². The van der Waals surface area contributed by atoms with Crippen LogP contribution < -0.4 is 10.2 Å². The molecule has 2 aromatic carbocycles. The van der Waals surface area contributed by atoms with E-state index >= 15 is 0 Å². The molecule has 2 heterocycles. The number of hydrogen-bond acceptors (Lipinski definition) is 7. The number of anilines is 2. The molecule has 0 saturated carbocycles. The first kappa shape index (κ1) is 24.1. The van der Waals surface area contributed by atoms with Gasteiger partial charge in [0.05, 0.1) is 22.7 Å². The third-order valence-corrected chi connectivity index (χ3v) is 6.37. The van der Waals surface area contributed by atoms with Gasteiger partial charge in [0, 0.05) is 31.7 Å². The SMILES string of the molecule is Cc1ccccc1-c1nnc(SCC(=O)Nc2cc(C(F)(F)F)ccc2N2CCN(C)CC2)o1. The number of likely N-dealkylation sites (N-methyl/N-ethyl adjacent to an activating group) is 1. The predicted molar refractivity (Wildman–Crippen MR) is 125 cm³/mol. The number of alkyl halides is 3. The quantitative estimate of drug-likeness (QED) is 0.507. The summed E-state index contributed by atoms with van der Waals surface area (Å²) >= 11 is 1.03. The minimum Gasteiger partial charge on any atom is -0.411 e. The molecule has 0 aliphatic carbocycles. The molecule has 4 rings (SSSR count). The van der Waals surface area contributed by atoms with E-state index in [0.717, 1.165) is 48.1 Å². The second-order valence-corrected chi connectivity index (χ2v) is 8.97. The number of carbonyl (C=O) groups is 1. The van der Waals surface area contributed by atoms with Crippen molar-refractivity contribution in [1.82, 2.24) is 15.1 Å². The van der Waals surface area contributed by atoms with Gasteiger partial charge in [-0.25, -0.2) is 0 Å². The second kappa shape index (κ2) is 10.1. The summed E-state index contributed by atoms with van der Waals surface area (Å²) in [5.74, 6) is -0.208. The Morgan fingerprint density at radius 1 is 1.12 bits per heavy atom. The molecule has 0 bridgehead atoms. The summed E-state index contributed by atoms with van der Waals surface area (Å²) in [5.41, 5.74) is 1.66. The van der Waals surface area contributed by atoms with Gasteiger partial charge in [-0.1, -0.05) is 30.0 Å². The lowest BCUT2D eigenvalue weighted by Gasteiger charge is -2.35. The zero-order chi connectivity index (χ0) is 24.3.